The lowest BCUT2D eigenvalue weighted by Gasteiger charge is -2.23. The third-order valence-electron chi connectivity index (χ3n) is 5.10. The highest BCUT2D eigenvalue weighted by molar-refractivity contribution is 7.21. The molecule has 0 saturated carbocycles. The number of aromatic nitrogens is 5. The molecule has 0 aliphatic carbocycles. The molecule has 1 amide bonds. The van der Waals surface area contributed by atoms with Gasteiger partial charge in [-0.05, 0) is 25.3 Å². The van der Waals surface area contributed by atoms with Gasteiger partial charge in [-0.2, -0.15) is 4.98 Å². The Kier molecular flexibility index (Phi) is 4.94. The third-order valence-corrected chi connectivity index (χ3v) is 6.09. The van der Waals surface area contributed by atoms with Gasteiger partial charge >= 0.3 is 0 Å². The fourth-order valence-corrected chi connectivity index (χ4v) is 4.63. The molecule has 0 radical (unpaired) electrons. The van der Waals surface area contributed by atoms with Crippen LogP contribution >= 0.6 is 11.3 Å². The molecular weight excluding hydrogens is 418 g/mol. The van der Waals surface area contributed by atoms with Crippen LogP contribution in [0.15, 0.2) is 39.6 Å². The van der Waals surface area contributed by atoms with E-state index in [0.29, 0.717) is 28.9 Å². The van der Waals surface area contributed by atoms with Crippen LogP contribution in [-0.2, 0) is 11.3 Å². The summed E-state index contributed by atoms with van der Waals surface area (Å²) in [5, 5.41) is 7.33. The number of hydrogen-bond donors (Lipinski definition) is 2. The Morgan fingerprint density at radius 2 is 2.13 bits per heavy atom. The van der Waals surface area contributed by atoms with Gasteiger partial charge in [0.05, 0.1) is 0 Å². The van der Waals surface area contributed by atoms with Gasteiger partial charge in [0.15, 0.2) is 21.3 Å². The number of nitrogens with one attached hydrogen (secondary N) is 2. The number of rotatable bonds is 5. The van der Waals surface area contributed by atoms with Gasteiger partial charge in [0.25, 0.3) is 11.4 Å². The van der Waals surface area contributed by atoms with Gasteiger partial charge in [0.2, 0.25) is 11.7 Å². The highest BCUT2D eigenvalue weighted by Gasteiger charge is 2.33. The largest absolute Gasteiger partial charge is 0.350 e. The summed E-state index contributed by atoms with van der Waals surface area (Å²) >= 11 is 1.27. The van der Waals surface area contributed by atoms with Crippen LogP contribution < -0.4 is 15.8 Å². The Labute approximate surface area is 180 Å². The molecule has 3 aromatic heterocycles. The molecule has 1 unspecified atom stereocenters. The summed E-state index contributed by atoms with van der Waals surface area (Å²) in [6.07, 6.45) is 1.60. The van der Waals surface area contributed by atoms with Crippen LogP contribution in [0.4, 0.5) is 5.13 Å². The second-order valence-corrected chi connectivity index (χ2v) is 8.22. The summed E-state index contributed by atoms with van der Waals surface area (Å²) in [5.74, 6) is 0.742. The molecule has 11 heteroatoms. The number of carbonyl (C=O) groups is 1. The summed E-state index contributed by atoms with van der Waals surface area (Å²) in [4.78, 5) is 43.4. The zero-order valence-electron chi connectivity index (χ0n) is 16.7. The molecule has 1 aromatic carbocycles. The maximum absolute atomic E-state index is 12.8. The number of benzene rings is 1. The van der Waals surface area contributed by atoms with Crippen LogP contribution in [0.5, 0.6) is 0 Å². The van der Waals surface area contributed by atoms with E-state index < -0.39 is 0 Å². The van der Waals surface area contributed by atoms with Gasteiger partial charge in [-0.3, -0.25) is 9.59 Å². The molecule has 1 fully saturated rings. The van der Waals surface area contributed by atoms with E-state index in [1.165, 1.54) is 11.3 Å². The van der Waals surface area contributed by atoms with E-state index in [-0.39, 0.29) is 34.7 Å². The number of nitrogens with zero attached hydrogens (tertiary/aromatic N) is 5. The third kappa shape index (κ3) is 3.79. The van der Waals surface area contributed by atoms with E-state index in [9.17, 15) is 9.59 Å². The fourth-order valence-electron chi connectivity index (χ4n) is 3.61. The number of H-pyrrole nitrogens is 1. The number of amides is 1. The maximum Gasteiger partial charge on any atom is 0.293 e. The molecule has 0 spiro atoms. The number of hydrogen-bond acceptors (Lipinski definition) is 9. The topological polar surface area (TPSA) is 130 Å². The Morgan fingerprint density at radius 1 is 1.29 bits per heavy atom. The monoisotopic (exact) mass is 437 g/mol. The lowest BCUT2D eigenvalue weighted by molar-refractivity contribution is -0.122. The molecule has 4 aromatic rings. The number of aryl methyl sites for hydroxylation is 1. The summed E-state index contributed by atoms with van der Waals surface area (Å²) in [5.41, 5.74) is 0.887. The molecule has 10 nitrogen and oxygen atoms in total. The predicted molar refractivity (Wildman–Crippen MR) is 115 cm³/mol. The van der Waals surface area contributed by atoms with Crippen molar-refractivity contribution in [2.45, 2.75) is 32.4 Å². The highest BCUT2D eigenvalue weighted by atomic mass is 32.1. The van der Waals surface area contributed by atoms with Gasteiger partial charge in [-0.25, -0.2) is 9.97 Å². The van der Waals surface area contributed by atoms with Crippen molar-refractivity contribution in [1.82, 2.24) is 30.4 Å². The van der Waals surface area contributed by atoms with Crippen molar-refractivity contribution in [2.24, 2.45) is 0 Å². The number of aromatic amines is 1. The van der Waals surface area contributed by atoms with Crippen molar-refractivity contribution in [3.05, 3.63) is 52.1 Å². The van der Waals surface area contributed by atoms with Crippen molar-refractivity contribution < 1.29 is 9.32 Å². The molecule has 5 rings (SSSR count). The second kappa shape index (κ2) is 7.91. The minimum absolute atomic E-state index is 0.0514. The van der Waals surface area contributed by atoms with E-state index in [1.807, 2.05) is 35.2 Å². The first-order valence-electron chi connectivity index (χ1n) is 9.88. The van der Waals surface area contributed by atoms with Crippen molar-refractivity contribution in [1.29, 1.82) is 0 Å². The van der Waals surface area contributed by atoms with Crippen LogP contribution in [0.2, 0.25) is 0 Å². The van der Waals surface area contributed by atoms with Crippen LogP contribution in [0.25, 0.3) is 22.1 Å². The van der Waals surface area contributed by atoms with Crippen molar-refractivity contribution in [3.8, 4) is 11.7 Å². The Morgan fingerprint density at radius 3 is 2.90 bits per heavy atom. The highest BCUT2D eigenvalue weighted by Crippen LogP contribution is 2.32. The first kappa shape index (κ1) is 19.4. The number of carbonyl (C=O) groups excluding carboxylic acids is 1. The molecule has 2 N–H and O–H groups in total. The zero-order chi connectivity index (χ0) is 21.4. The average molecular weight is 437 g/mol. The summed E-state index contributed by atoms with van der Waals surface area (Å²) < 4.78 is 5.10. The van der Waals surface area contributed by atoms with Crippen molar-refractivity contribution in [3.63, 3.8) is 0 Å². The van der Waals surface area contributed by atoms with Gasteiger partial charge in [-0.1, -0.05) is 46.8 Å². The number of anilines is 1. The first-order valence-corrected chi connectivity index (χ1v) is 10.7. The van der Waals surface area contributed by atoms with Gasteiger partial charge in [-0.15, -0.1) is 0 Å². The summed E-state index contributed by atoms with van der Waals surface area (Å²) in [6, 6.07) is 9.44. The van der Waals surface area contributed by atoms with E-state index in [4.69, 9.17) is 4.52 Å². The van der Waals surface area contributed by atoms with Gasteiger partial charge < -0.3 is 19.7 Å². The zero-order valence-corrected chi connectivity index (χ0v) is 17.5. The fraction of sp³-hybridized carbons (Fsp3) is 0.300. The van der Waals surface area contributed by atoms with Crippen molar-refractivity contribution >= 4 is 32.7 Å². The van der Waals surface area contributed by atoms with Gasteiger partial charge in [0.1, 0.15) is 6.04 Å². The van der Waals surface area contributed by atoms with Crippen molar-refractivity contribution in [2.75, 3.05) is 11.4 Å². The van der Waals surface area contributed by atoms with Crippen LogP contribution in [-0.4, -0.2) is 43.6 Å². The van der Waals surface area contributed by atoms with E-state index in [0.717, 1.165) is 18.4 Å². The second-order valence-electron chi connectivity index (χ2n) is 7.27. The number of fused-ring (bicyclic) bond motifs is 1. The molecule has 0 bridgehead atoms. The SMILES string of the molecule is Cc1noc(-c2nc3sc(N4CCCC4C(=O)NCc4ccccc4)nc3c(=O)[nH]2)n1. The minimum atomic E-state index is -0.386. The molecule has 1 aliphatic heterocycles. The van der Waals surface area contributed by atoms with E-state index in [2.05, 4.69) is 30.4 Å². The summed E-state index contributed by atoms with van der Waals surface area (Å²) in [6.45, 7) is 2.85. The molecule has 4 heterocycles. The number of thiazole rings is 1. The minimum Gasteiger partial charge on any atom is -0.350 e. The van der Waals surface area contributed by atoms with Crippen LogP contribution in [0, 0.1) is 6.92 Å². The molecule has 31 heavy (non-hydrogen) atoms. The van der Waals surface area contributed by atoms with Crippen LogP contribution in [0.1, 0.15) is 24.2 Å². The van der Waals surface area contributed by atoms with Crippen LogP contribution in [0.3, 0.4) is 0 Å². The normalized spacial score (nSPS) is 16.2. The maximum atomic E-state index is 12.8. The lowest BCUT2D eigenvalue weighted by Crippen LogP contribution is -2.43. The standard InChI is InChI=1S/C20H19N7O3S/c1-11-22-18(30-26-11)15-24-17(29)14-19(25-15)31-20(23-14)27-9-5-8-13(27)16(28)21-10-12-6-3-2-4-7-12/h2-4,6-7,13H,5,8-10H2,1H3,(H,21,28)(H,24,25,29). The quantitative estimate of drug-likeness (QED) is 0.485. The summed E-state index contributed by atoms with van der Waals surface area (Å²) in [7, 11) is 0. The van der Waals surface area contributed by atoms with E-state index >= 15 is 0 Å². The smallest absolute Gasteiger partial charge is 0.293 e. The molecule has 1 aliphatic rings. The Hall–Kier alpha value is -3.60. The molecule has 158 valence electrons. The average Bonchev–Trinajstić information content (AvgIpc) is 3.51. The van der Waals surface area contributed by atoms with Gasteiger partial charge in [0, 0.05) is 13.1 Å². The Balaban J connectivity index is 1.39. The predicted octanol–water partition coefficient (Wildman–Crippen LogP) is 2.02. The lowest BCUT2D eigenvalue weighted by atomic mass is 10.2. The molecular formula is C20H19N7O3S. The Bertz CT molecular complexity index is 1300. The molecule has 1 atom stereocenters. The van der Waals surface area contributed by atoms with E-state index in [1.54, 1.807) is 6.92 Å². The molecule has 1 saturated heterocycles. The first-order chi connectivity index (χ1) is 15.1.